The van der Waals surface area contributed by atoms with E-state index in [-0.39, 0.29) is 0 Å². The molecule has 16 heavy (non-hydrogen) atoms. The summed E-state index contributed by atoms with van der Waals surface area (Å²) in [5, 5.41) is 36.6. The molecule has 1 heterocycles. The predicted octanol–water partition coefficient (Wildman–Crippen LogP) is -3.10. The topological polar surface area (TPSA) is 157 Å². The highest BCUT2D eigenvalue weighted by Gasteiger charge is 2.46. The van der Waals surface area contributed by atoms with Crippen LogP contribution < -0.4 is 0 Å². The average molecular weight is 260 g/mol. The van der Waals surface area contributed by atoms with Gasteiger partial charge in [-0.05, 0) is 0 Å². The Balaban J connectivity index is 2.75. The highest BCUT2D eigenvalue weighted by atomic mass is 31.2. The minimum atomic E-state index is -4.91. The van der Waals surface area contributed by atoms with E-state index in [0.29, 0.717) is 0 Å². The highest BCUT2D eigenvalue weighted by molar-refractivity contribution is 7.46. The van der Waals surface area contributed by atoms with E-state index in [1.54, 1.807) is 0 Å². The molecule has 2 unspecified atom stereocenters. The fourth-order valence-corrected chi connectivity index (χ4v) is 1.73. The molecule has 0 aromatic carbocycles. The SMILES string of the molecule is O=P(O)(O)OC1OC(CO)[C@@H](O)[C@H](O)[C@H]1O. The maximum absolute atomic E-state index is 10.5. The first-order chi connectivity index (χ1) is 7.26. The lowest BCUT2D eigenvalue weighted by Crippen LogP contribution is -2.58. The summed E-state index contributed by atoms with van der Waals surface area (Å²) in [4.78, 5) is 17.0. The molecule has 1 aliphatic rings. The van der Waals surface area contributed by atoms with Gasteiger partial charge in [0.15, 0.2) is 6.29 Å². The van der Waals surface area contributed by atoms with Gasteiger partial charge in [0.1, 0.15) is 24.4 Å². The maximum atomic E-state index is 10.5. The Hall–Kier alpha value is -0.0900. The van der Waals surface area contributed by atoms with Crippen LogP contribution in [0.5, 0.6) is 0 Å². The van der Waals surface area contributed by atoms with E-state index in [0.717, 1.165) is 0 Å². The van der Waals surface area contributed by atoms with Crippen LogP contribution in [0.2, 0.25) is 0 Å². The zero-order valence-electron chi connectivity index (χ0n) is 7.95. The third-order valence-corrected chi connectivity index (χ3v) is 2.57. The van der Waals surface area contributed by atoms with Crippen molar-refractivity contribution in [2.75, 3.05) is 6.61 Å². The monoisotopic (exact) mass is 260 g/mol. The third-order valence-electron chi connectivity index (χ3n) is 2.09. The molecule has 10 heteroatoms. The Kier molecular flexibility index (Phi) is 4.41. The normalized spacial score (nSPS) is 41.0. The minimum absolute atomic E-state index is 0.702. The summed E-state index contributed by atoms with van der Waals surface area (Å²) >= 11 is 0. The number of ether oxygens (including phenoxy) is 1. The number of phosphoric acid groups is 1. The summed E-state index contributed by atoms with van der Waals surface area (Å²) < 4.78 is 19.2. The predicted molar refractivity (Wildman–Crippen MR) is 46.9 cm³/mol. The summed E-state index contributed by atoms with van der Waals surface area (Å²) in [6.45, 7) is -0.702. The summed E-state index contributed by atoms with van der Waals surface area (Å²) in [6.07, 6.45) is -8.25. The van der Waals surface area contributed by atoms with Crippen molar-refractivity contribution >= 4 is 7.82 Å². The molecular weight excluding hydrogens is 247 g/mol. The number of aliphatic hydroxyl groups excluding tert-OH is 4. The number of rotatable bonds is 3. The second-order valence-electron chi connectivity index (χ2n) is 3.29. The van der Waals surface area contributed by atoms with Gasteiger partial charge in [-0.15, -0.1) is 0 Å². The molecule has 0 spiro atoms. The lowest BCUT2D eigenvalue weighted by molar-refractivity contribution is -0.280. The van der Waals surface area contributed by atoms with E-state index in [1.165, 1.54) is 0 Å². The number of hydrogen-bond acceptors (Lipinski definition) is 7. The Bertz CT molecular complexity index is 275. The first-order valence-electron chi connectivity index (χ1n) is 4.30. The van der Waals surface area contributed by atoms with Gasteiger partial charge in [-0.3, -0.25) is 4.52 Å². The summed E-state index contributed by atoms with van der Waals surface area (Å²) in [6, 6.07) is 0. The van der Waals surface area contributed by atoms with Gasteiger partial charge in [0, 0.05) is 0 Å². The molecule has 0 bridgehead atoms. The molecule has 1 rings (SSSR count). The van der Waals surface area contributed by atoms with Crippen LogP contribution in [0.1, 0.15) is 0 Å². The van der Waals surface area contributed by atoms with Crippen molar-refractivity contribution in [3.8, 4) is 0 Å². The number of hydrogen-bond donors (Lipinski definition) is 6. The Morgan fingerprint density at radius 1 is 1.12 bits per heavy atom. The molecule has 5 atom stereocenters. The van der Waals surface area contributed by atoms with Crippen LogP contribution in [0.4, 0.5) is 0 Å². The van der Waals surface area contributed by atoms with Crippen molar-refractivity contribution in [1.29, 1.82) is 0 Å². The first kappa shape index (κ1) is 14.0. The van der Waals surface area contributed by atoms with Gasteiger partial charge in [0.05, 0.1) is 6.61 Å². The quantitative estimate of drug-likeness (QED) is 0.289. The molecule has 6 N–H and O–H groups in total. The van der Waals surface area contributed by atoms with Crippen LogP contribution in [-0.2, 0) is 13.8 Å². The van der Waals surface area contributed by atoms with E-state index < -0.39 is 45.1 Å². The molecule has 1 aliphatic heterocycles. The van der Waals surface area contributed by atoms with Gasteiger partial charge in [-0.1, -0.05) is 0 Å². The zero-order chi connectivity index (χ0) is 12.5. The van der Waals surface area contributed by atoms with Gasteiger partial charge in [-0.2, -0.15) is 0 Å². The largest absolute Gasteiger partial charge is 0.472 e. The smallest absolute Gasteiger partial charge is 0.394 e. The lowest BCUT2D eigenvalue weighted by atomic mass is 10.00. The van der Waals surface area contributed by atoms with Gasteiger partial charge >= 0.3 is 7.82 Å². The van der Waals surface area contributed by atoms with Crippen LogP contribution in [-0.4, -0.2) is 67.5 Å². The van der Waals surface area contributed by atoms with Crippen LogP contribution >= 0.6 is 7.82 Å². The first-order valence-corrected chi connectivity index (χ1v) is 5.83. The van der Waals surface area contributed by atoms with Crippen LogP contribution in [0.15, 0.2) is 0 Å². The molecule has 96 valence electrons. The number of aliphatic hydroxyl groups is 4. The molecule has 0 aromatic heterocycles. The summed E-state index contributed by atoms with van der Waals surface area (Å²) in [5.74, 6) is 0. The minimum Gasteiger partial charge on any atom is -0.394 e. The highest BCUT2D eigenvalue weighted by Crippen LogP contribution is 2.40. The lowest BCUT2D eigenvalue weighted by Gasteiger charge is -2.39. The third kappa shape index (κ3) is 3.20. The maximum Gasteiger partial charge on any atom is 0.472 e. The molecule has 0 aliphatic carbocycles. The van der Waals surface area contributed by atoms with E-state index in [4.69, 9.17) is 14.9 Å². The van der Waals surface area contributed by atoms with Crippen molar-refractivity contribution in [3.63, 3.8) is 0 Å². The van der Waals surface area contributed by atoms with Crippen LogP contribution in [0.3, 0.4) is 0 Å². The average Bonchev–Trinajstić information content (AvgIpc) is 2.17. The van der Waals surface area contributed by atoms with E-state index >= 15 is 0 Å². The molecular formula is C6H13O9P. The van der Waals surface area contributed by atoms with Crippen molar-refractivity contribution in [2.45, 2.75) is 30.7 Å². The number of phosphoric ester groups is 1. The van der Waals surface area contributed by atoms with E-state index in [9.17, 15) is 19.9 Å². The zero-order valence-corrected chi connectivity index (χ0v) is 8.84. The Labute approximate surface area is 90.1 Å². The molecule has 1 saturated heterocycles. The summed E-state index contributed by atoms with van der Waals surface area (Å²) in [5.41, 5.74) is 0. The standard InChI is InChI=1S/C6H13O9P/c7-1-2-3(8)4(9)5(10)6(14-2)15-16(11,12)13/h2-10H,1H2,(H2,11,12,13)/t2?,3-,4+,5-,6?/m1/s1. The van der Waals surface area contributed by atoms with Crippen LogP contribution in [0, 0.1) is 0 Å². The molecule has 0 amide bonds. The fraction of sp³-hybridized carbons (Fsp3) is 1.00. The van der Waals surface area contributed by atoms with Crippen molar-refractivity contribution in [3.05, 3.63) is 0 Å². The van der Waals surface area contributed by atoms with E-state index in [1.807, 2.05) is 0 Å². The Morgan fingerprint density at radius 2 is 1.69 bits per heavy atom. The second kappa shape index (κ2) is 5.05. The van der Waals surface area contributed by atoms with Gasteiger partial charge in [0.25, 0.3) is 0 Å². The van der Waals surface area contributed by atoms with Gasteiger partial charge in [-0.25, -0.2) is 4.57 Å². The van der Waals surface area contributed by atoms with Crippen LogP contribution in [0.25, 0.3) is 0 Å². The molecule has 1 fully saturated rings. The van der Waals surface area contributed by atoms with Gasteiger partial charge < -0.3 is 34.9 Å². The molecule has 0 saturated carbocycles. The molecule has 9 nitrogen and oxygen atoms in total. The molecule has 0 aromatic rings. The van der Waals surface area contributed by atoms with E-state index in [2.05, 4.69) is 9.26 Å². The fourth-order valence-electron chi connectivity index (χ4n) is 1.29. The van der Waals surface area contributed by atoms with Crippen molar-refractivity contribution in [2.24, 2.45) is 0 Å². The second-order valence-corrected chi connectivity index (χ2v) is 4.49. The molecule has 0 radical (unpaired) electrons. The van der Waals surface area contributed by atoms with Gasteiger partial charge in [0.2, 0.25) is 0 Å². The van der Waals surface area contributed by atoms with Crippen molar-refractivity contribution < 1.29 is 44.0 Å². The Morgan fingerprint density at radius 3 is 2.12 bits per heavy atom. The summed E-state index contributed by atoms with van der Waals surface area (Å²) in [7, 11) is -4.91. The van der Waals surface area contributed by atoms with Crippen molar-refractivity contribution in [1.82, 2.24) is 0 Å².